The summed E-state index contributed by atoms with van der Waals surface area (Å²) >= 11 is 0. The van der Waals surface area contributed by atoms with Crippen LogP contribution >= 0.6 is 0 Å². The minimum absolute atomic E-state index is 0.570. The first kappa shape index (κ1) is 13.4. The Balaban J connectivity index is 1.83. The van der Waals surface area contributed by atoms with E-state index in [9.17, 15) is 0 Å². The summed E-state index contributed by atoms with van der Waals surface area (Å²) in [7, 11) is 0. The van der Waals surface area contributed by atoms with Crippen LogP contribution in [-0.4, -0.2) is 10.1 Å². The van der Waals surface area contributed by atoms with Crippen LogP contribution in [0.25, 0.3) is 11.4 Å². The zero-order valence-electron chi connectivity index (χ0n) is 12.1. The predicted octanol–water partition coefficient (Wildman–Crippen LogP) is 3.53. The number of hydrogen-bond acceptors (Lipinski definition) is 4. The highest BCUT2D eigenvalue weighted by molar-refractivity contribution is 5.60. The first-order chi connectivity index (χ1) is 10.1. The van der Waals surface area contributed by atoms with Crippen LogP contribution in [0.4, 0.5) is 5.69 Å². The molecule has 1 aromatic heterocycles. The topological polar surface area (TPSA) is 64.9 Å². The zero-order valence-corrected chi connectivity index (χ0v) is 12.1. The number of aryl methyl sites for hydroxylation is 2. The van der Waals surface area contributed by atoms with Crippen LogP contribution in [0.3, 0.4) is 0 Å². The summed E-state index contributed by atoms with van der Waals surface area (Å²) in [6, 6.07) is 13.8. The van der Waals surface area contributed by atoms with Crippen molar-refractivity contribution in [2.24, 2.45) is 0 Å². The maximum Gasteiger partial charge on any atom is 0.231 e. The smallest absolute Gasteiger partial charge is 0.231 e. The number of nitrogens with zero attached hydrogens (tertiary/aromatic N) is 2. The zero-order chi connectivity index (χ0) is 14.8. The molecule has 0 aliphatic heterocycles. The Labute approximate surface area is 123 Å². The van der Waals surface area contributed by atoms with Crippen molar-refractivity contribution in [3.8, 4) is 11.4 Å². The molecule has 2 N–H and O–H groups in total. The Morgan fingerprint density at radius 1 is 1.05 bits per heavy atom. The minimum atomic E-state index is 0.570. The van der Waals surface area contributed by atoms with Crippen LogP contribution in [0, 0.1) is 13.8 Å². The summed E-state index contributed by atoms with van der Waals surface area (Å²) in [5.74, 6) is 1.18. The Hall–Kier alpha value is -2.62. The predicted molar refractivity (Wildman–Crippen MR) is 82.9 cm³/mol. The number of nitrogen functional groups attached to an aromatic ring is 1. The van der Waals surface area contributed by atoms with Gasteiger partial charge in [0.25, 0.3) is 0 Å². The fraction of sp³-hybridized carbons (Fsp3) is 0.176. The van der Waals surface area contributed by atoms with Crippen LogP contribution in [0.2, 0.25) is 0 Å². The molecule has 3 aromatic rings. The molecule has 4 nitrogen and oxygen atoms in total. The van der Waals surface area contributed by atoms with Gasteiger partial charge in [-0.25, -0.2) is 0 Å². The lowest BCUT2D eigenvalue weighted by molar-refractivity contribution is 0.385. The van der Waals surface area contributed by atoms with Gasteiger partial charge in [-0.15, -0.1) is 0 Å². The van der Waals surface area contributed by atoms with E-state index >= 15 is 0 Å². The van der Waals surface area contributed by atoms with Gasteiger partial charge in [0.05, 0.1) is 6.42 Å². The van der Waals surface area contributed by atoms with Gasteiger partial charge in [-0.3, -0.25) is 0 Å². The van der Waals surface area contributed by atoms with E-state index in [1.807, 2.05) is 24.3 Å². The fourth-order valence-electron chi connectivity index (χ4n) is 2.21. The maximum absolute atomic E-state index is 5.77. The van der Waals surface area contributed by atoms with Crippen molar-refractivity contribution in [2.45, 2.75) is 20.3 Å². The average molecular weight is 279 g/mol. The molecule has 0 fully saturated rings. The molecule has 1 heterocycles. The second-order valence-electron chi connectivity index (χ2n) is 5.23. The van der Waals surface area contributed by atoms with E-state index in [1.165, 1.54) is 16.7 Å². The van der Waals surface area contributed by atoms with Gasteiger partial charge in [0.1, 0.15) is 0 Å². The maximum atomic E-state index is 5.77. The third kappa shape index (κ3) is 2.94. The molecule has 21 heavy (non-hydrogen) atoms. The largest absolute Gasteiger partial charge is 0.399 e. The van der Waals surface area contributed by atoms with E-state index in [0.717, 1.165) is 5.56 Å². The monoisotopic (exact) mass is 279 g/mol. The lowest BCUT2D eigenvalue weighted by atomic mass is 10.0. The van der Waals surface area contributed by atoms with Crippen molar-refractivity contribution in [1.29, 1.82) is 0 Å². The molecule has 4 heteroatoms. The molecule has 0 amide bonds. The molecule has 0 unspecified atom stereocenters. The summed E-state index contributed by atoms with van der Waals surface area (Å²) in [4.78, 5) is 4.44. The molecule has 0 aliphatic rings. The number of anilines is 1. The van der Waals surface area contributed by atoms with Crippen molar-refractivity contribution in [3.63, 3.8) is 0 Å². The van der Waals surface area contributed by atoms with Gasteiger partial charge in [0.2, 0.25) is 11.7 Å². The lowest BCUT2D eigenvalue weighted by Gasteiger charge is -2.02. The van der Waals surface area contributed by atoms with Gasteiger partial charge in [-0.1, -0.05) is 35.5 Å². The Bertz CT molecular complexity index is 777. The Kier molecular flexibility index (Phi) is 3.44. The Morgan fingerprint density at radius 2 is 1.90 bits per heavy atom. The first-order valence-electron chi connectivity index (χ1n) is 6.86. The molecular formula is C17H17N3O. The molecule has 0 saturated heterocycles. The second kappa shape index (κ2) is 5.40. The van der Waals surface area contributed by atoms with Crippen LogP contribution in [0.5, 0.6) is 0 Å². The fourth-order valence-corrected chi connectivity index (χ4v) is 2.21. The van der Waals surface area contributed by atoms with Crippen molar-refractivity contribution >= 4 is 5.69 Å². The summed E-state index contributed by atoms with van der Waals surface area (Å²) in [6.45, 7) is 4.20. The highest BCUT2D eigenvalue weighted by Crippen LogP contribution is 2.20. The summed E-state index contributed by atoms with van der Waals surface area (Å²) in [6.07, 6.45) is 0.635. The van der Waals surface area contributed by atoms with Crippen LogP contribution in [0.15, 0.2) is 47.0 Å². The minimum Gasteiger partial charge on any atom is -0.399 e. The number of benzene rings is 2. The molecule has 0 spiro atoms. The van der Waals surface area contributed by atoms with Gasteiger partial charge in [0, 0.05) is 11.3 Å². The highest BCUT2D eigenvalue weighted by Gasteiger charge is 2.09. The lowest BCUT2D eigenvalue weighted by Crippen LogP contribution is -1.91. The molecular weight excluding hydrogens is 262 g/mol. The van der Waals surface area contributed by atoms with Crippen molar-refractivity contribution in [1.82, 2.24) is 10.1 Å². The Morgan fingerprint density at radius 3 is 2.67 bits per heavy atom. The van der Waals surface area contributed by atoms with E-state index in [-0.39, 0.29) is 0 Å². The van der Waals surface area contributed by atoms with E-state index in [2.05, 4.69) is 42.2 Å². The third-order valence-corrected chi connectivity index (χ3v) is 3.54. The molecule has 2 aromatic carbocycles. The number of hydrogen-bond donors (Lipinski definition) is 1. The van der Waals surface area contributed by atoms with Crippen molar-refractivity contribution < 1.29 is 4.52 Å². The summed E-state index contributed by atoms with van der Waals surface area (Å²) in [5, 5.41) is 4.02. The quantitative estimate of drug-likeness (QED) is 0.745. The first-order valence-corrected chi connectivity index (χ1v) is 6.86. The van der Waals surface area contributed by atoms with Crippen LogP contribution < -0.4 is 5.73 Å². The SMILES string of the molecule is Cc1ccc(Cc2nc(-c3cccc(N)c3)no2)cc1C. The van der Waals surface area contributed by atoms with Gasteiger partial charge in [-0.2, -0.15) is 4.98 Å². The molecule has 0 aliphatic carbocycles. The standard InChI is InChI=1S/C17H17N3O/c1-11-6-7-13(8-12(11)2)9-16-19-17(20-21-16)14-4-3-5-15(18)10-14/h3-8,10H,9,18H2,1-2H3. The normalized spacial score (nSPS) is 10.8. The van der Waals surface area contributed by atoms with Crippen LogP contribution in [0.1, 0.15) is 22.6 Å². The average Bonchev–Trinajstić information content (AvgIpc) is 2.91. The van der Waals surface area contributed by atoms with E-state index in [0.29, 0.717) is 23.8 Å². The van der Waals surface area contributed by atoms with Crippen molar-refractivity contribution in [3.05, 3.63) is 65.0 Å². The third-order valence-electron chi connectivity index (χ3n) is 3.54. The number of aromatic nitrogens is 2. The van der Waals surface area contributed by atoms with Gasteiger partial charge in [0.15, 0.2) is 0 Å². The summed E-state index contributed by atoms with van der Waals surface area (Å²) in [5.41, 5.74) is 11.0. The van der Waals surface area contributed by atoms with Gasteiger partial charge < -0.3 is 10.3 Å². The van der Waals surface area contributed by atoms with E-state index in [4.69, 9.17) is 10.3 Å². The molecule has 3 rings (SSSR count). The molecule has 0 saturated carbocycles. The highest BCUT2D eigenvalue weighted by atomic mass is 16.5. The van der Waals surface area contributed by atoms with Gasteiger partial charge >= 0.3 is 0 Å². The van der Waals surface area contributed by atoms with Gasteiger partial charge in [-0.05, 0) is 42.7 Å². The summed E-state index contributed by atoms with van der Waals surface area (Å²) < 4.78 is 5.33. The molecule has 0 atom stereocenters. The number of rotatable bonds is 3. The molecule has 106 valence electrons. The molecule has 0 bridgehead atoms. The van der Waals surface area contributed by atoms with E-state index in [1.54, 1.807) is 0 Å². The number of nitrogens with two attached hydrogens (primary N) is 1. The van der Waals surface area contributed by atoms with E-state index < -0.39 is 0 Å². The molecule has 0 radical (unpaired) electrons. The van der Waals surface area contributed by atoms with Crippen LogP contribution in [-0.2, 0) is 6.42 Å². The second-order valence-corrected chi connectivity index (χ2v) is 5.23. The van der Waals surface area contributed by atoms with Crippen molar-refractivity contribution in [2.75, 3.05) is 5.73 Å².